The lowest BCUT2D eigenvalue weighted by Gasteiger charge is -2.32. The largest absolute Gasteiger partial charge is 0.383 e. The first-order valence-electron chi connectivity index (χ1n) is 16.0. The summed E-state index contributed by atoms with van der Waals surface area (Å²) in [6.07, 6.45) is 8.35. The number of rotatable bonds is 6. The number of anilines is 2. The summed E-state index contributed by atoms with van der Waals surface area (Å²) in [5.41, 5.74) is 8.48. The molecule has 5 aromatic rings. The van der Waals surface area contributed by atoms with Gasteiger partial charge in [0.25, 0.3) is 11.8 Å². The maximum Gasteiger partial charge on any atom is 0.273 e. The molecule has 2 saturated heterocycles. The molecule has 0 spiro atoms. The van der Waals surface area contributed by atoms with Crippen LogP contribution < -0.4 is 21.8 Å². The minimum absolute atomic E-state index is 0.00795. The smallest absolute Gasteiger partial charge is 0.273 e. The summed E-state index contributed by atoms with van der Waals surface area (Å²) in [6, 6.07) is 10.6. The van der Waals surface area contributed by atoms with Crippen LogP contribution in [0, 0.1) is 5.82 Å². The lowest BCUT2D eigenvalue weighted by Crippen LogP contribution is -2.47. The fourth-order valence-corrected chi connectivity index (χ4v) is 6.62. The molecule has 4 aromatic heterocycles. The van der Waals surface area contributed by atoms with Crippen molar-refractivity contribution in [1.82, 2.24) is 39.7 Å². The molecule has 14 nitrogen and oxygen atoms in total. The SMILES string of the molecule is Nc1ncc(-c2cnn(C3CCNCC3)c2)cc1-c1ccc(NC(=O)c2cn3c(c(-c4ccc(F)cc4)c2=O)C(=O)N2CCOC2C3)nn1. The first kappa shape index (κ1) is 30.5. The van der Waals surface area contributed by atoms with E-state index in [0.717, 1.165) is 37.1 Å². The van der Waals surface area contributed by atoms with Crippen LogP contribution in [0.5, 0.6) is 0 Å². The first-order chi connectivity index (χ1) is 23.8. The van der Waals surface area contributed by atoms with Crippen molar-refractivity contribution in [3.63, 3.8) is 0 Å². The second-order valence-electron chi connectivity index (χ2n) is 12.2. The molecule has 0 bridgehead atoms. The Morgan fingerprint density at radius 2 is 1.82 bits per heavy atom. The van der Waals surface area contributed by atoms with Crippen LogP contribution >= 0.6 is 0 Å². The minimum Gasteiger partial charge on any atom is -0.383 e. The van der Waals surface area contributed by atoms with Gasteiger partial charge in [0, 0.05) is 41.8 Å². The molecule has 3 aliphatic rings. The number of amides is 2. The Morgan fingerprint density at radius 1 is 1.00 bits per heavy atom. The molecular formula is C34H31FN10O4. The minimum atomic E-state index is -0.748. The molecule has 4 N–H and O–H groups in total. The van der Waals surface area contributed by atoms with E-state index < -0.39 is 29.3 Å². The molecule has 2 fully saturated rings. The van der Waals surface area contributed by atoms with E-state index in [1.165, 1.54) is 30.5 Å². The van der Waals surface area contributed by atoms with Crippen molar-refractivity contribution in [1.29, 1.82) is 0 Å². The van der Waals surface area contributed by atoms with Gasteiger partial charge in [-0.2, -0.15) is 5.10 Å². The summed E-state index contributed by atoms with van der Waals surface area (Å²) in [5.74, 6) is -1.29. The van der Waals surface area contributed by atoms with E-state index in [9.17, 15) is 18.8 Å². The van der Waals surface area contributed by atoms with Crippen molar-refractivity contribution in [3.8, 4) is 33.5 Å². The molecule has 7 heterocycles. The maximum atomic E-state index is 13.9. The zero-order chi connectivity index (χ0) is 33.6. The van der Waals surface area contributed by atoms with Crippen LogP contribution in [0.3, 0.4) is 0 Å². The Morgan fingerprint density at radius 3 is 2.59 bits per heavy atom. The third-order valence-electron chi connectivity index (χ3n) is 9.18. The zero-order valence-electron chi connectivity index (χ0n) is 26.2. The number of carbonyl (C=O) groups excluding carboxylic acids is 2. The second kappa shape index (κ2) is 12.3. The van der Waals surface area contributed by atoms with Gasteiger partial charge in [0.15, 0.2) is 12.0 Å². The Labute approximate surface area is 278 Å². The number of piperidine rings is 1. The molecule has 1 aromatic carbocycles. The van der Waals surface area contributed by atoms with Crippen LogP contribution in [0.15, 0.2) is 72.0 Å². The van der Waals surface area contributed by atoms with Crippen LogP contribution in [0.2, 0.25) is 0 Å². The number of hydrogen-bond acceptors (Lipinski definition) is 10. The van der Waals surface area contributed by atoms with Crippen molar-refractivity contribution in [2.45, 2.75) is 31.7 Å². The number of nitrogens with two attached hydrogens (primary N) is 1. The molecule has 49 heavy (non-hydrogen) atoms. The number of nitrogens with zero attached hydrogens (tertiary/aromatic N) is 7. The van der Waals surface area contributed by atoms with E-state index in [0.29, 0.717) is 36.0 Å². The quantitative estimate of drug-likeness (QED) is 0.245. The van der Waals surface area contributed by atoms with Crippen LogP contribution in [0.25, 0.3) is 33.5 Å². The first-order valence-corrected chi connectivity index (χ1v) is 16.0. The van der Waals surface area contributed by atoms with Gasteiger partial charge in [-0.3, -0.25) is 19.1 Å². The van der Waals surface area contributed by atoms with Gasteiger partial charge in [-0.25, -0.2) is 9.37 Å². The van der Waals surface area contributed by atoms with Gasteiger partial charge in [-0.15, -0.1) is 10.2 Å². The molecule has 1 unspecified atom stereocenters. The Hall–Kier alpha value is -5.80. The highest BCUT2D eigenvalue weighted by atomic mass is 19.1. The lowest BCUT2D eigenvalue weighted by molar-refractivity contribution is 0.00909. The molecule has 0 saturated carbocycles. The van der Waals surface area contributed by atoms with Crippen molar-refractivity contribution < 1.29 is 18.7 Å². The molecular weight excluding hydrogens is 631 g/mol. The number of nitrogen functional groups attached to an aromatic ring is 1. The molecule has 0 radical (unpaired) electrons. The number of hydrogen-bond donors (Lipinski definition) is 3. The van der Waals surface area contributed by atoms with E-state index >= 15 is 0 Å². The molecule has 1 atom stereocenters. The Balaban J connectivity index is 1.07. The standard InChI is InChI=1S/C34H31FN10O4/c35-22-3-1-19(2-4-22)29-30-34(48)44-11-12-49-28(44)18-43(30)17-25(31(29)46)33(47)40-27-6-5-26(41-42-27)24-13-20(14-38-32(24)36)21-15-39-45(16-21)23-7-9-37-10-8-23/h1-6,13-17,23,28,37H,7-12,18H2,(H2,36,38)(H,40,42,47). The van der Waals surface area contributed by atoms with Crippen molar-refractivity contribution in [2.24, 2.45) is 0 Å². The monoisotopic (exact) mass is 662 g/mol. The van der Waals surface area contributed by atoms with Gasteiger partial charge < -0.3 is 30.6 Å². The summed E-state index contributed by atoms with van der Waals surface area (Å²) in [4.78, 5) is 46.9. The van der Waals surface area contributed by atoms with E-state index in [4.69, 9.17) is 10.5 Å². The lowest BCUT2D eigenvalue weighted by atomic mass is 9.98. The Kier molecular flexibility index (Phi) is 7.69. The molecule has 0 aliphatic carbocycles. The normalized spacial score (nSPS) is 17.5. The van der Waals surface area contributed by atoms with Gasteiger partial charge in [0.2, 0.25) is 5.43 Å². The number of ether oxygens (including phenoxy) is 1. The molecule has 2 amide bonds. The summed E-state index contributed by atoms with van der Waals surface area (Å²) in [6.45, 7) is 2.88. The van der Waals surface area contributed by atoms with Gasteiger partial charge in [0.05, 0.1) is 36.6 Å². The number of aromatic nitrogens is 6. The van der Waals surface area contributed by atoms with Gasteiger partial charge in [-0.05, 0) is 61.8 Å². The average molecular weight is 663 g/mol. The summed E-state index contributed by atoms with van der Waals surface area (Å²) in [7, 11) is 0. The van der Waals surface area contributed by atoms with Gasteiger partial charge in [0.1, 0.15) is 22.9 Å². The topological polar surface area (TPSA) is 175 Å². The highest BCUT2D eigenvalue weighted by Crippen LogP contribution is 2.31. The molecule has 3 aliphatic heterocycles. The number of pyridine rings is 2. The van der Waals surface area contributed by atoms with Crippen LogP contribution in [-0.4, -0.2) is 78.7 Å². The second-order valence-corrected chi connectivity index (χ2v) is 12.2. The van der Waals surface area contributed by atoms with Crippen LogP contribution in [-0.2, 0) is 11.3 Å². The number of fused-ring (bicyclic) bond motifs is 2. The maximum absolute atomic E-state index is 13.9. The van der Waals surface area contributed by atoms with Gasteiger partial charge in [-0.1, -0.05) is 12.1 Å². The van der Waals surface area contributed by atoms with E-state index in [2.05, 4.69) is 30.9 Å². The summed E-state index contributed by atoms with van der Waals surface area (Å²) in [5, 5.41) is 19.0. The molecule has 248 valence electrons. The number of halogens is 1. The zero-order valence-corrected chi connectivity index (χ0v) is 26.2. The van der Waals surface area contributed by atoms with E-state index in [1.807, 2.05) is 16.9 Å². The summed E-state index contributed by atoms with van der Waals surface area (Å²) >= 11 is 0. The average Bonchev–Trinajstić information content (AvgIpc) is 3.81. The number of carbonyl (C=O) groups is 2. The third kappa shape index (κ3) is 5.62. The fourth-order valence-electron chi connectivity index (χ4n) is 6.62. The Bertz CT molecular complexity index is 2140. The predicted octanol–water partition coefficient (Wildman–Crippen LogP) is 2.94. The van der Waals surface area contributed by atoms with E-state index in [1.54, 1.807) is 34.0 Å². The van der Waals surface area contributed by atoms with Crippen LogP contribution in [0.4, 0.5) is 16.0 Å². The predicted molar refractivity (Wildman–Crippen MR) is 177 cm³/mol. The molecule has 8 rings (SSSR count). The number of benzene rings is 1. The molecule has 15 heteroatoms. The van der Waals surface area contributed by atoms with Crippen LogP contribution in [0.1, 0.15) is 39.7 Å². The van der Waals surface area contributed by atoms with Crippen molar-refractivity contribution in [2.75, 3.05) is 37.3 Å². The van der Waals surface area contributed by atoms with Crippen molar-refractivity contribution in [3.05, 3.63) is 94.5 Å². The highest BCUT2D eigenvalue weighted by Gasteiger charge is 2.39. The number of nitrogens with one attached hydrogen (secondary N) is 2. The van der Waals surface area contributed by atoms with E-state index in [-0.39, 0.29) is 35.0 Å². The summed E-state index contributed by atoms with van der Waals surface area (Å²) < 4.78 is 23.1. The van der Waals surface area contributed by atoms with Gasteiger partial charge >= 0.3 is 0 Å². The fraction of sp³-hybridized carbons (Fsp3) is 0.265. The highest BCUT2D eigenvalue weighted by molar-refractivity contribution is 6.06. The third-order valence-corrected chi connectivity index (χ3v) is 9.18. The van der Waals surface area contributed by atoms with Crippen molar-refractivity contribution >= 4 is 23.5 Å².